The Morgan fingerprint density at radius 1 is 1.24 bits per heavy atom. The van der Waals surface area contributed by atoms with Gasteiger partial charge in [0.25, 0.3) is 0 Å². The van der Waals surface area contributed by atoms with Crippen LogP contribution < -0.4 is 5.32 Å². The Kier molecular flexibility index (Phi) is 15.7. The van der Waals surface area contributed by atoms with Crippen molar-refractivity contribution in [3.05, 3.63) is 24.8 Å². The maximum atomic E-state index is 12.4. The fourth-order valence-corrected chi connectivity index (χ4v) is 3.46. The number of carboxylic acids is 1. The summed E-state index contributed by atoms with van der Waals surface area (Å²) in [5.41, 5.74) is 0. The van der Waals surface area contributed by atoms with E-state index in [1.807, 2.05) is 17.9 Å². The Bertz CT molecular complexity index is 568. The molecule has 1 heterocycles. The summed E-state index contributed by atoms with van der Waals surface area (Å²) in [7, 11) is 0. The summed E-state index contributed by atoms with van der Waals surface area (Å²) in [6.45, 7) is 9.92. The zero-order valence-corrected chi connectivity index (χ0v) is 19.9. The summed E-state index contributed by atoms with van der Waals surface area (Å²) in [5.74, 6) is -0.440. The van der Waals surface area contributed by atoms with Gasteiger partial charge in [0.05, 0.1) is 12.6 Å². The number of allylic oxidation sites excluding steroid dienone is 1. The van der Waals surface area contributed by atoms with Crippen molar-refractivity contribution in [1.82, 2.24) is 15.1 Å². The normalized spacial score (nSPS) is 21.5. The van der Waals surface area contributed by atoms with Gasteiger partial charge in [0.15, 0.2) is 0 Å². The molecule has 0 saturated carbocycles. The molecule has 8 heteroatoms. The fraction of sp³-hybridized carbons (Fsp3) is 0.667. The smallest absolute Gasteiger partial charge is 0.317 e. The third kappa shape index (κ3) is 12.6. The predicted octanol–water partition coefficient (Wildman–Crippen LogP) is 1.70. The molecule has 7 nitrogen and oxygen atoms in total. The van der Waals surface area contributed by atoms with E-state index in [0.717, 1.165) is 19.3 Å². The Hall–Kier alpha value is -0.665. The molecule has 29 heavy (non-hydrogen) atoms. The number of carbonyl (C=O) groups excluding carboxylic acids is 2. The number of aliphatic carboxylic acids is 1. The first-order valence-electron chi connectivity index (χ1n) is 10.0. The molecule has 0 bridgehead atoms. The van der Waals surface area contributed by atoms with Crippen LogP contribution in [0.4, 0.5) is 0 Å². The van der Waals surface area contributed by atoms with Gasteiger partial charge in [-0.2, -0.15) is 0 Å². The first kappa shape index (κ1) is 28.3. The number of ketones is 1. The van der Waals surface area contributed by atoms with Crippen LogP contribution in [0.1, 0.15) is 39.5 Å². The van der Waals surface area contributed by atoms with Crippen LogP contribution >= 0.6 is 0 Å². The molecule has 0 aromatic carbocycles. The van der Waals surface area contributed by atoms with E-state index >= 15 is 0 Å². The molecule has 2 atom stereocenters. The third-order valence-corrected chi connectivity index (χ3v) is 5.08. The molecule has 0 aromatic rings. The molecule has 0 saturated heterocycles. The molecule has 0 fully saturated rings. The molecule has 0 radical (unpaired) electrons. The number of nitrogens with one attached hydrogen (secondary N) is 1. The van der Waals surface area contributed by atoms with Gasteiger partial charge in [-0.05, 0) is 45.6 Å². The second kappa shape index (κ2) is 16.1. The van der Waals surface area contributed by atoms with Crippen LogP contribution in [-0.4, -0.2) is 77.9 Å². The van der Waals surface area contributed by atoms with E-state index in [-0.39, 0.29) is 64.2 Å². The fourth-order valence-electron chi connectivity index (χ4n) is 3.46. The van der Waals surface area contributed by atoms with E-state index in [4.69, 9.17) is 5.11 Å². The van der Waals surface area contributed by atoms with Crippen molar-refractivity contribution in [3.63, 3.8) is 0 Å². The maximum Gasteiger partial charge on any atom is 0.317 e. The van der Waals surface area contributed by atoms with Gasteiger partial charge in [-0.15, -0.1) is 6.58 Å². The SMILES string of the molecule is C=CCNC(=O)[C@@H](C)N1CCC(CC(C)=O)CC/C=C/CN(CC(=O)O)CC1.[Gd]. The Morgan fingerprint density at radius 3 is 2.59 bits per heavy atom. The number of amides is 1. The Balaban J connectivity index is 0.00000784. The minimum atomic E-state index is -0.856. The van der Waals surface area contributed by atoms with Crippen LogP contribution in [0.5, 0.6) is 0 Å². The van der Waals surface area contributed by atoms with E-state index in [0.29, 0.717) is 45.1 Å². The van der Waals surface area contributed by atoms with Crippen molar-refractivity contribution in [2.24, 2.45) is 5.92 Å². The van der Waals surface area contributed by atoms with Crippen LogP contribution in [0.3, 0.4) is 0 Å². The predicted molar refractivity (Wildman–Crippen MR) is 110 cm³/mol. The van der Waals surface area contributed by atoms with Gasteiger partial charge in [-0.3, -0.25) is 19.4 Å². The summed E-state index contributed by atoms with van der Waals surface area (Å²) in [4.78, 5) is 39.1. The van der Waals surface area contributed by atoms with E-state index < -0.39 is 5.97 Å². The first-order chi connectivity index (χ1) is 13.3. The number of carboxylic acid groups (broad SMARTS) is 1. The molecule has 1 amide bonds. The summed E-state index contributed by atoms with van der Waals surface area (Å²) < 4.78 is 0. The van der Waals surface area contributed by atoms with Gasteiger partial charge in [0.2, 0.25) is 5.91 Å². The summed E-state index contributed by atoms with van der Waals surface area (Å²) in [5, 5.41) is 12.0. The third-order valence-electron chi connectivity index (χ3n) is 5.08. The van der Waals surface area contributed by atoms with Crippen molar-refractivity contribution >= 4 is 17.7 Å². The quantitative estimate of drug-likeness (QED) is 0.448. The average Bonchev–Trinajstić information content (AvgIpc) is 2.62. The molecule has 0 spiro atoms. The summed E-state index contributed by atoms with van der Waals surface area (Å²) in [6, 6.07) is -0.330. The van der Waals surface area contributed by atoms with Gasteiger partial charge in [-0.1, -0.05) is 18.2 Å². The molecular formula is C21H35GdN3O4. The molecular weight excluding hydrogens is 515 g/mol. The second-order valence-electron chi connectivity index (χ2n) is 7.48. The van der Waals surface area contributed by atoms with E-state index in [1.54, 1.807) is 13.0 Å². The molecule has 1 unspecified atom stereocenters. The van der Waals surface area contributed by atoms with Crippen molar-refractivity contribution < 1.29 is 59.4 Å². The van der Waals surface area contributed by atoms with Gasteiger partial charge >= 0.3 is 5.97 Å². The number of carbonyl (C=O) groups is 3. The number of hydrogen-bond acceptors (Lipinski definition) is 5. The molecule has 166 valence electrons. The number of hydrogen-bond donors (Lipinski definition) is 2. The number of Topliss-reactive ketones (excluding diaryl/α,β-unsaturated/α-hetero) is 1. The number of rotatable bonds is 8. The minimum Gasteiger partial charge on any atom is -0.480 e. The van der Waals surface area contributed by atoms with Crippen molar-refractivity contribution in [1.29, 1.82) is 0 Å². The molecule has 0 aromatic heterocycles. The van der Waals surface area contributed by atoms with Gasteiger partial charge in [-0.25, -0.2) is 0 Å². The van der Waals surface area contributed by atoms with Gasteiger partial charge in [0, 0.05) is 72.5 Å². The van der Waals surface area contributed by atoms with Crippen molar-refractivity contribution in [2.75, 3.05) is 39.3 Å². The first-order valence-corrected chi connectivity index (χ1v) is 10.0. The average molecular weight is 551 g/mol. The largest absolute Gasteiger partial charge is 0.480 e. The van der Waals surface area contributed by atoms with Crippen molar-refractivity contribution in [3.8, 4) is 0 Å². The van der Waals surface area contributed by atoms with E-state index in [2.05, 4.69) is 22.9 Å². The zero-order valence-electron chi connectivity index (χ0n) is 17.6. The molecule has 1 aliphatic heterocycles. The molecule has 1 aliphatic rings. The van der Waals surface area contributed by atoms with Gasteiger partial charge < -0.3 is 15.2 Å². The topological polar surface area (TPSA) is 90.0 Å². The molecule has 2 N–H and O–H groups in total. The van der Waals surface area contributed by atoms with E-state index in [1.165, 1.54) is 0 Å². The van der Waals surface area contributed by atoms with Gasteiger partial charge in [0.1, 0.15) is 5.78 Å². The van der Waals surface area contributed by atoms with Crippen LogP contribution in [0.2, 0.25) is 0 Å². The monoisotopic (exact) mass is 551 g/mol. The maximum absolute atomic E-state index is 12.4. The molecule has 0 aliphatic carbocycles. The Labute approximate surface area is 206 Å². The van der Waals surface area contributed by atoms with E-state index in [9.17, 15) is 14.4 Å². The molecule has 1 rings (SSSR count). The minimum absolute atomic E-state index is 0. The van der Waals surface area contributed by atoms with Crippen molar-refractivity contribution in [2.45, 2.75) is 45.6 Å². The zero-order chi connectivity index (χ0) is 20.9. The summed E-state index contributed by atoms with van der Waals surface area (Å²) >= 11 is 0. The van der Waals surface area contributed by atoms with Crippen LogP contribution in [0.15, 0.2) is 24.8 Å². The Morgan fingerprint density at radius 2 is 1.97 bits per heavy atom. The number of nitrogens with zero attached hydrogens (tertiary/aromatic N) is 2. The van der Waals surface area contributed by atoms with Crippen LogP contribution in [0, 0.1) is 45.9 Å². The van der Waals surface area contributed by atoms with Crippen LogP contribution in [-0.2, 0) is 14.4 Å². The summed E-state index contributed by atoms with van der Waals surface area (Å²) in [6.07, 6.45) is 8.90. The van der Waals surface area contributed by atoms with Crippen LogP contribution in [0.25, 0.3) is 0 Å². The standard InChI is InChI=1S/C21H35N3O4.Gd/c1-4-10-22-21(28)18(3)24-12-9-19(15-17(2)25)8-6-5-7-11-23(13-14-24)16-20(26)27;/h4-5,7,18-19H,1,6,8-16H2,2-3H3,(H,22,28)(H,26,27);/b7-5+;/t18-,19?;/m1./s1. The second-order valence-corrected chi connectivity index (χ2v) is 7.48.